The van der Waals surface area contributed by atoms with Gasteiger partial charge in [-0.2, -0.15) is 0 Å². The lowest BCUT2D eigenvalue weighted by Crippen LogP contribution is -2.17. The second-order valence-corrected chi connectivity index (χ2v) is 8.34. The third-order valence-corrected chi connectivity index (χ3v) is 5.21. The van der Waals surface area contributed by atoms with E-state index in [1.807, 2.05) is 31.4 Å². The molecule has 0 saturated heterocycles. The fraction of sp³-hybridized carbons (Fsp3) is 0.0833. The van der Waals surface area contributed by atoms with Crippen LogP contribution in [0.3, 0.4) is 0 Å². The van der Waals surface area contributed by atoms with Crippen molar-refractivity contribution in [2.45, 2.75) is 0 Å². The molecule has 0 aliphatic rings. The van der Waals surface area contributed by atoms with E-state index in [9.17, 15) is 4.79 Å². The lowest BCUT2D eigenvalue weighted by molar-refractivity contribution is 0.101. The Kier molecular flexibility index (Phi) is 5.57. The van der Waals surface area contributed by atoms with E-state index in [2.05, 4.69) is 89.0 Å². The van der Waals surface area contributed by atoms with Crippen LogP contribution < -0.4 is 5.32 Å². The number of carbonyl (C=O) groups is 1. The molecule has 0 spiro atoms. The van der Waals surface area contributed by atoms with Gasteiger partial charge in [-0.25, -0.2) is 0 Å². The van der Waals surface area contributed by atoms with Crippen LogP contribution in [0, 0.1) is 10.7 Å². The average molecular weight is 657 g/mol. The van der Waals surface area contributed by atoms with Gasteiger partial charge in [-0.1, -0.05) is 0 Å². The molecule has 0 fully saturated rings. The molecular formula is C12H8BrI3N2O. The Labute approximate surface area is 160 Å². The van der Waals surface area contributed by atoms with E-state index in [0.717, 1.165) is 20.9 Å². The second kappa shape index (κ2) is 6.60. The molecule has 1 aromatic carbocycles. The molecule has 0 aliphatic carbocycles. The lowest BCUT2D eigenvalue weighted by Gasteiger charge is -2.10. The van der Waals surface area contributed by atoms with Gasteiger partial charge in [-0.05, 0) is 102 Å². The van der Waals surface area contributed by atoms with Crippen LogP contribution in [0.15, 0.2) is 28.9 Å². The molecule has 1 N–H and O–H groups in total. The first kappa shape index (κ1) is 16.0. The number of nitrogens with zero attached hydrogens (tertiary/aromatic N) is 1. The number of anilines is 1. The third kappa shape index (κ3) is 3.84. The summed E-state index contributed by atoms with van der Waals surface area (Å²) in [6.07, 6.45) is 1.86. The zero-order valence-electron chi connectivity index (χ0n) is 9.68. The van der Waals surface area contributed by atoms with Crippen molar-refractivity contribution in [3.05, 3.63) is 45.3 Å². The Bertz CT molecular complexity index is 631. The van der Waals surface area contributed by atoms with Crippen LogP contribution in [0.5, 0.6) is 0 Å². The molecule has 0 radical (unpaired) electrons. The average Bonchev–Trinajstić information content (AvgIpc) is 2.62. The number of hydrogen-bond donors (Lipinski definition) is 1. The molecule has 0 aliphatic heterocycles. The molecule has 0 saturated carbocycles. The van der Waals surface area contributed by atoms with Crippen molar-refractivity contribution in [3.63, 3.8) is 0 Å². The largest absolute Gasteiger partial charge is 0.345 e. The summed E-state index contributed by atoms with van der Waals surface area (Å²) >= 11 is 10.1. The molecule has 0 atom stereocenters. The van der Waals surface area contributed by atoms with Crippen LogP contribution in [-0.2, 0) is 7.05 Å². The standard InChI is InChI=1S/C12H8BrI3N2O/c1-18-5-6(13)2-10(18)12(19)17-11-8(15)3-7(14)4-9(11)16/h2-5H,1H3,(H,17,19). The molecule has 1 heterocycles. The van der Waals surface area contributed by atoms with Crippen LogP contribution in [-0.4, -0.2) is 10.5 Å². The highest BCUT2D eigenvalue weighted by molar-refractivity contribution is 14.1. The normalized spacial score (nSPS) is 10.6. The minimum Gasteiger partial charge on any atom is -0.345 e. The van der Waals surface area contributed by atoms with Crippen LogP contribution in [0.4, 0.5) is 5.69 Å². The first-order valence-corrected chi connectivity index (χ1v) is 9.19. The number of nitrogens with one attached hydrogen (secondary N) is 1. The molecule has 19 heavy (non-hydrogen) atoms. The molecule has 1 amide bonds. The maximum atomic E-state index is 12.3. The monoisotopic (exact) mass is 656 g/mol. The molecule has 100 valence electrons. The van der Waals surface area contributed by atoms with E-state index >= 15 is 0 Å². The Balaban J connectivity index is 2.32. The molecule has 3 nitrogen and oxygen atoms in total. The summed E-state index contributed by atoms with van der Waals surface area (Å²) in [5.74, 6) is -0.106. The summed E-state index contributed by atoms with van der Waals surface area (Å²) in [5.41, 5.74) is 1.49. The number of aromatic nitrogens is 1. The van der Waals surface area contributed by atoms with Crippen LogP contribution >= 0.6 is 83.7 Å². The molecular weight excluding hydrogens is 649 g/mol. The maximum absolute atomic E-state index is 12.3. The van der Waals surface area contributed by atoms with E-state index in [4.69, 9.17) is 0 Å². The molecule has 2 rings (SSSR count). The zero-order chi connectivity index (χ0) is 14.2. The van der Waals surface area contributed by atoms with E-state index in [0.29, 0.717) is 5.69 Å². The quantitative estimate of drug-likeness (QED) is 0.461. The number of halogens is 4. The van der Waals surface area contributed by atoms with Gasteiger partial charge in [0.25, 0.3) is 5.91 Å². The van der Waals surface area contributed by atoms with Crippen LogP contribution in [0.2, 0.25) is 0 Å². The second-order valence-electron chi connectivity index (χ2n) is 3.85. The van der Waals surface area contributed by atoms with Crippen molar-refractivity contribution in [3.8, 4) is 0 Å². The van der Waals surface area contributed by atoms with Crippen LogP contribution in [0.1, 0.15) is 10.5 Å². The van der Waals surface area contributed by atoms with Gasteiger partial charge in [0.2, 0.25) is 0 Å². The number of amides is 1. The highest BCUT2D eigenvalue weighted by atomic mass is 127. The number of carbonyl (C=O) groups excluding carboxylic acids is 1. The van der Waals surface area contributed by atoms with E-state index < -0.39 is 0 Å². The fourth-order valence-electron chi connectivity index (χ4n) is 1.59. The van der Waals surface area contributed by atoms with Crippen molar-refractivity contribution in [1.82, 2.24) is 4.57 Å². The highest BCUT2D eigenvalue weighted by Gasteiger charge is 2.15. The minimum absolute atomic E-state index is 0.106. The third-order valence-electron chi connectivity index (χ3n) is 2.45. The summed E-state index contributed by atoms with van der Waals surface area (Å²) in [7, 11) is 1.85. The molecule has 0 unspecified atom stereocenters. The van der Waals surface area contributed by atoms with Crippen molar-refractivity contribution in [1.29, 1.82) is 0 Å². The number of hydrogen-bond acceptors (Lipinski definition) is 1. The number of rotatable bonds is 2. The summed E-state index contributed by atoms with van der Waals surface area (Å²) in [4.78, 5) is 12.3. The van der Waals surface area contributed by atoms with Gasteiger partial charge in [0, 0.05) is 28.4 Å². The Morgan fingerprint density at radius 2 is 1.79 bits per heavy atom. The fourth-order valence-corrected chi connectivity index (χ4v) is 5.97. The molecule has 2 aromatic rings. The van der Waals surface area contributed by atoms with E-state index in [-0.39, 0.29) is 5.91 Å². The summed E-state index contributed by atoms with van der Waals surface area (Å²) < 4.78 is 5.93. The maximum Gasteiger partial charge on any atom is 0.272 e. The van der Waals surface area contributed by atoms with Gasteiger partial charge in [0.05, 0.1) is 5.69 Å². The van der Waals surface area contributed by atoms with Gasteiger partial charge in [-0.3, -0.25) is 4.79 Å². The smallest absolute Gasteiger partial charge is 0.272 e. The first-order chi connectivity index (χ1) is 8.88. The van der Waals surface area contributed by atoms with Crippen molar-refractivity contribution < 1.29 is 4.79 Å². The zero-order valence-corrected chi connectivity index (χ0v) is 17.7. The summed E-state index contributed by atoms with van der Waals surface area (Å²) in [6.45, 7) is 0. The topological polar surface area (TPSA) is 34.0 Å². The lowest BCUT2D eigenvalue weighted by atomic mass is 10.3. The van der Waals surface area contributed by atoms with E-state index in [1.165, 1.54) is 0 Å². The van der Waals surface area contributed by atoms with Crippen molar-refractivity contribution in [2.24, 2.45) is 7.05 Å². The van der Waals surface area contributed by atoms with Crippen molar-refractivity contribution in [2.75, 3.05) is 5.32 Å². The van der Waals surface area contributed by atoms with Crippen molar-refractivity contribution >= 4 is 95.3 Å². The van der Waals surface area contributed by atoms with Gasteiger partial charge in [-0.15, -0.1) is 0 Å². The SMILES string of the molecule is Cn1cc(Br)cc1C(=O)Nc1c(I)cc(I)cc1I. The first-order valence-electron chi connectivity index (χ1n) is 5.16. The number of aryl methyl sites for hydroxylation is 1. The Hall–Kier alpha value is 0.640. The number of benzene rings is 1. The molecule has 7 heteroatoms. The van der Waals surface area contributed by atoms with Crippen LogP contribution in [0.25, 0.3) is 0 Å². The molecule has 1 aromatic heterocycles. The predicted octanol–water partition coefficient (Wildman–Crippen LogP) is 4.85. The van der Waals surface area contributed by atoms with Gasteiger partial charge in [0.1, 0.15) is 5.69 Å². The van der Waals surface area contributed by atoms with Gasteiger partial charge in [0.15, 0.2) is 0 Å². The van der Waals surface area contributed by atoms with E-state index in [1.54, 1.807) is 4.57 Å². The summed E-state index contributed by atoms with van der Waals surface area (Å²) in [6, 6.07) is 5.89. The van der Waals surface area contributed by atoms with Gasteiger partial charge >= 0.3 is 0 Å². The molecule has 0 bridgehead atoms. The highest BCUT2D eigenvalue weighted by Crippen LogP contribution is 2.28. The van der Waals surface area contributed by atoms with Gasteiger partial charge < -0.3 is 9.88 Å². The minimum atomic E-state index is -0.106. The Morgan fingerprint density at radius 3 is 2.26 bits per heavy atom. The summed E-state index contributed by atoms with van der Waals surface area (Å²) in [5, 5.41) is 2.98. The Morgan fingerprint density at radius 1 is 1.21 bits per heavy atom. The predicted molar refractivity (Wildman–Crippen MR) is 106 cm³/mol.